The summed E-state index contributed by atoms with van der Waals surface area (Å²) in [6.45, 7) is 3.61. The van der Waals surface area contributed by atoms with Crippen molar-refractivity contribution in [3.8, 4) is 5.75 Å². The zero-order valence-electron chi connectivity index (χ0n) is 16.0. The summed E-state index contributed by atoms with van der Waals surface area (Å²) in [6, 6.07) is 10.2. The number of methoxy groups -OCH3 is 1. The number of rotatable bonds is 5. The SMILES string of the molecule is COc1cc(NC(=S)NC(=O)c2ccc3nsnc3c2)ccc1NC(=O)C(C)C. The number of amides is 2. The van der Waals surface area contributed by atoms with Gasteiger partial charge in [-0.15, -0.1) is 0 Å². The van der Waals surface area contributed by atoms with Gasteiger partial charge in [0.1, 0.15) is 16.8 Å². The predicted octanol–water partition coefficient (Wildman–Crippen LogP) is 3.42. The Kier molecular flexibility index (Phi) is 6.35. The maximum atomic E-state index is 12.4. The van der Waals surface area contributed by atoms with Crippen molar-refractivity contribution in [3.63, 3.8) is 0 Å². The molecule has 0 aliphatic rings. The van der Waals surface area contributed by atoms with Crippen molar-refractivity contribution in [2.24, 2.45) is 5.92 Å². The van der Waals surface area contributed by atoms with Gasteiger partial charge < -0.3 is 15.4 Å². The van der Waals surface area contributed by atoms with Crippen LogP contribution in [-0.4, -0.2) is 32.8 Å². The Hall–Kier alpha value is -3.11. The van der Waals surface area contributed by atoms with E-state index in [0.717, 1.165) is 17.2 Å². The van der Waals surface area contributed by atoms with Gasteiger partial charge in [-0.2, -0.15) is 8.75 Å². The van der Waals surface area contributed by atoms with Gasteiger partial charge in [-0.05, 0) is 42.5 Å². The van der Waals surface area contributed by atoms with E-state index in [-0.39, 0.29) is 22.8 Å². The second kappa shape index (κ2) is 8.93. The number of ether oxygens (including phenoxy) is 1. The minimum atomic E-state index is -0.356. The number of nitrogens with one attached hydrogen (secondary N) is 3. The zero-order chi connectivity index (χ0) is 21.0. The molecule has 1 heterocycles. The van der Waals surface area contributed by atoms with Crippen LogP contribution in [0.5, 0.6) is 5.75 Å². The molecule has 0 radical (unpaired) electrons. The number of carbonyl (C=O) groups is 2. The molecule has 0 bridgehead atoms. The standard InChI is InChI=1S/C19H19N5O3S2/c1-10(2)17(25)21-14-7-5-12(9-16(14)27-3)20-19(28)22-18(26)11-4-6-13-15(8-11)24-29-23-13/h4-10H,1-3H3,(H,21,25)(H2,20,22,26,28). The van der Waals surface area contributed by atoms with Crippen LogP contribution in [0.4, 0.5) is 11.4 Å². The first-order valence-electron chi connectivity index (χ1n) is 8.71. The summed E-state index contributed by atoms with van der Waals surface area (Å²) in [6.07, 6.45) is 0. The quantitative estimate of drug-likeness (QED) is 0.534. The van der Waals surface area contributed by atoms with Gasteiger partial charge >= 0.3 is 0 Å². The molecule has 3 rings (SSSR count). The summed E-state index contributed by atoms with van der Waals surface area (Å²) < 4.78 is 13.6. The highest BCUT2D eigenvalue weighted by atomic mass is 32.1. The first kappa shape index (κ1) is 20.6. The third-order valence-electron chi connectivity index (χ3n) is 3.98. The number of anilines is 2. The van der Waals surface area contributed by atoms with Gasteiger partial charge in [-0.1, -0.05) is 13.8 Å². The number of thiocarbonyl (C=S) groups is 1. The Morgan fingerprint density at radius 2 is 1.83 bits per heavy atom. The fourth-order valence-corrected chi connectivity index (χ4v) is 3.14. The van der Waals surface area contributed by atoms with Crippen LogP contribution in [0.15, 0.2) is 36.4 Å². The normalized spacial score (nSPS) is 10.6. The number of aromatic nitrogens is 2. The topological polar surface area (TPSA) is 105 Å². The third kappa shape index (κ3) is 5.04. The summed E-state index contributed by atoms with van der Waals surface area (Å²) in [4.78, 5) is 24.3. The molecule has 0 aliphatic carbocycles. The van der Waals surface area contributed by atoms with Crippen LogP contribution in [0.2, 0.25) is 0 Å². The zero-order valence-corrected chi connectivity index (χ0v) is 17.6. The van der Waals surface area contributed by atoms with Crippen LogP contribution < -0.4 is 20.7 Å². The number of benzene rings is 2. The number of hydrogen-bond acceptors (Lipinski definition) is 7. The van der Waals surface area contributed by atoms with Crippen molar-refractivity contribution in [3.05, 3.63) is 42.0 Å². The minimum Gasteiger partial charge on any atom is -0.494 e. The van der Waals surface area contributed by atoms with E-state index in [0.29, 0.717) is 28.2 Å². The Bertz CT molecular complexity index is 1080. The average Bonchev–Trinajstić information content (AvgIpc) is 3.16. The van der Waals surface area contributed by atoms with E-state index in [4.69, 9.17) is 17.0 Å². The fraction of sp³-hybridized carbons (Fsp3) is 0.211. The second-order valence-electron chi connectivity index (χ2n) is 6.43. The summed E-state index contributed by atoms with van der Waals surface area (Å²) in [5.41, 5.74) is 2.98. The molecule has 2 aromatic carbocycles. The molecule has 0 spiro atoms. The molecule has 2 amide bonds. The van der Waals surface area contributed by atoms with Gasteiger partial charge in [0.25, 0.3) is 5.91 Å². The van der Waals surface area contributed by atoms with Crippen LogP contribution >= 0.6 is 23.9 Å². The molecule has 10 heteroatoms. The van der Waals surface area contributed by atoms with Crippen molar-refractivity contribution < 1.29 is 14.3 Å². The Labute approximate surface area is 177 Å². The highest BCUT2D eigenvalue weighted by molar-refractivity contribution is 7.80. The molecule has 29 heavy (non-hydrogen) atoms. The monoisotopic (exact) mass is 429 g/mol. The van der Waals surface area contributed by atoms with Crippen molar-refractivity contribution in [2.75, 3.05) is 17.7 Å². The number of hydrogen-bond donors (Lipinski definition) is 3. The third-order valence-corrected chi connectivity index (χ3v) is 4.75. The van der Waals surface area contributed by atoms with Crippen molar-refractivity contribution in [2.45, 2.75) is 13.8 Å². The summed E-state index contributed by atoms with van der Waals surface area (Å²) in [5, 5.41) is 8.50. The highest BCUT2D eigenvalue weighted by Crippen LogP contribution is 2.28. The number of nitrogens with zero attached hydrogens (tertiary/aromatic N) is 2. The van der Waals surface area contributed by atoms with E-state index in [1.165, 1.54) is 7.11 Å². The van der Waals surface area contributed by atoms with Crippen molar-refractivity contribution in [1.82, 2.24) is 14.1 Å². The Morgan fingerprint density at radius 3 is 2.55 bits per heavy atom. The summed E-state index contributed by atoms with van der Waals surface area (Å²) in [5.74, 6) is -0.150. The van der Waals surface area contributed by atoms with E-state index in [1.807, 2.05) is 13.8 Å². The lowest BCUT2D eigenvalue weighted by Crippen LogP contribution is -2.34. The van der Waals surface area contributed by atoms with Gasteiger partial charge in [0.15, 0.2) is 5.11 Å². The second-order valence-corrected chi connectivity index (χ2v) is 7.37. The van der Waals surface area contributed by atoms with Crippen LogP contribution in [-0.2, 0) is 4.79 Å². The first-order valence-corrected chi connectivity index (χ1v) is 9.85. The van der Waals surface area contributed by atoms with E-state index < -0.39 is 0 Å². The van der Waals surface area contributed by atoms with Crippen molar-refractivity contribution in [1.29, 1.82) is 0 Å². The van der Waals surface area contributed by atoms with Gasteiger partial charge in [-0.25, -0.2) is 0 Å². The first-order chi connectivity index (χ1) is 13.9. The number of fused-ring (bicyclic) bond motifs is 1. The highest BCUT2D eigenvalue weighted by Gasteiger charge is 2.13. The molecular weight excluding hydrogens is 410 g/mol. The fourth-order valence-electron chi connectivity index (χ4n) is 2.41. The number of carbonyl (C=O) groups excluding carboxylic acids is 2. The molecule has 3 N–H and O–H groups in total. The molecule has 0 aliphatic heterocycles. The van der Waals surface area contributed by atoms with E-state index in [1.54, 1.807) is 36.4 Å². The van der Waals surface area contributed by atoms with Crippen LogP contribution in [0.3, 0.4) is 0 Å². The smallest absolute Gasteiger partial charge is 0.257 e. The molecule has 0 atom stereocenters. The van der Waals surface area contributed by atoms with E-state index in [2.05, 4.69) is 24.7 Å². The summed E-state index contributed by atoms with van der Waals surface area (Å²) >= 11 is 6.32. The lowest BCUT2D eigenvalue weighted by atomic mass is 10.2. The van der Waals surface area contributed by atoms with Crippen LogP contribution in [0.25, 0.3) is 11.0 Å². The van der Waals surface area contributed by atoms with Crippen LogP contribution in [0, 0.1) is 5.92 Å². The molecule has 0 saturated heterocycles. The maximum Gasteiger partial charge on any atom is 0.257 e. The molecule has 1 aromatic heterocycles. The Morgan fingerprint density at radius 1 is 1.07 bits per heavy atom. The van der Waals surface area contributed by atoms with Gasteiger partial charge in [0.05, 0.1) is 24.5 Å². The lowest BCUT2D eigenvalue weighted by molar-refractivity contribution is -0.118. The molecule has 8 nitrogen and oxygen atoms in total. The molecule has 150 valence electrons. The molecule has 3 aromatic rings. The largest absolute Gasteiger partial charge is 0.494 e. The Balaban J connectivity index is 1.66. The van der Waals surface area contributed by atoms with E-state index >= 15 is 0 Å². The van der Waals surface area contributed by atoms with Gasteiger partial charge in [-0.3, -0.25) is 14.9 Å². The molecule has 0 fully saturated rings. The van der Waals surface area contributed by atoms with E-state index in [9.17, 15) is 9.59 Å². The maximum absolute atomic E-state index is 12.4. The van der Waals surface area contributed by atoms with Crippen molar-refractivity contribution >= 4 is 63.3 Å². The average molecular weight is 430 g/mol. The van der Waals surface area contributed by atoms with Crippen LogP contribution in [0.1, 0.15) is 24.2 Å². The molecular formula is C19H19N5O3S2. The lowest BCUT2D eigenvalue weighted by Gasteiger charge is -2.14. The predicted molar refractivity (Wildman–Crippen MR) is 118 cm³/mol. The molecule has 0 unspecified atom stereocenters. The van der Waals surface area contributed by atoms with Gasteiger partial charge in [0.2, 0.25) is 5.91 Å². The van der Waals surface area contributed by atoms with Gasteiger partial charge in [0, 0.05) is 23.2 Å². The molecule has 0 saturated carbocycles. The minimum absolute atomic E-state index is 0.112. The summed E-state index contributed by atoms with van der Waals surface area (Å²) in [7, 11) is 1.51.